The van der Waals surface area contributed by atoms with Crippen LogP contribution in [0.15, 0.2) is 72.8 Å². The fourth-order valence-corrected chi connectivity index (χ4v) is 6.57. The number of carbonyl (C=O) groups is 2. The van der Waals surface area contributed by atoms with E-state index in [1.54, 1.807) is 18.2 Å². The van der Waals surface area contributed by atoms with Gasteiger partial charge in [0.1, 0.15) is 6.04 Å². The molecule has 3 aromatic rings. The first-order valence-electron chi connectivity index (χ1n) is 14.3. The van der Waals surface area contributed by atoms with Gasteiger partial charge in [-0.3, -0.25) is 13.9 Å². The lowest BCUT2D eigenvalue weighted by Gasteiger charge is -2.33. The minimum Gasteiger partial charge on any atom is -0.352 e. The van der Waals surface area contributed by atoms with E-state index < -0.39 is 27.7 Å². The molecule has 1 aliphatic carbocycles. The summed E-state index contributed by atoms with van der Waals surface area (Å²) in [6, 6.07) is 18.6. The largest absolute Gasteiger partial charge is 0.352 e. The Balaban J connectivity index is 1.59. The van der Waals surface area contributed by atoms with E-state index in [1.165, 1.54) is 11.0 Å². The first-order chi connectivity index (χ1) is 20.5. The highest BCUT2D eigenvalue weighted by Gasteiger charge is 2.32. The second kappa shape index (κ2) is 14.8. The van der Waals surface area contributed by atoms with Gasteiger partial charge >= 0.3 is 0 Å². The molecule has 11 heteroatoms. The SMILES string of the molecule is CS(=O)(=O)N(CCCC(=O)N(Cc1cccc(Cl)c1)C(Cc1ccccc1)C(=O)NC1CCCC1)c1ccc(F)c(F)c1. The van der Waals surface area contributed by atoms with Crippen LogP contribution in [0, 0.1) is 11.6 Å². The Morgan fingerprint density at radius 3 is 2.30 bits per heavy atom. The minimum absolute atomic E-state index is 0.0393. The average molecular weight is 632 g/mol. The fourth-order valence-electron chi connectivity index (χ4n) is 5.40. The summed E-state index contributed by atoms with van der Waals surface area (Å²) < 4.78 is 53.4. The van der Waals surface area contributed by atoms with Crippen LogP contribution in [-0.4, -0.2) is 50.0 Å². The van der Waals surface area contributed by atoms with Crippen molar-refractivity contribution in [3.05, 3.63) is 101 Å². The summed E-state index contributed by atoms with van der Waals surface area (Å²) in [5.74, 6) is -2.86. The van der Waals surface area contributed by atoms with E-state index in [0.717, 1.165) is 59.5 Å². The monoisotopic (exact) mass is 631 g/mol. The third kappa shape index (κ3) is 9.24. The van der Waals surface area contributed by atoms with Crippen molar-refractivity contribution < 1.29 is 26.8 Å². The zero-order valence-corrected chi connectivity index (χ0v) is 25.6. The van der Waals surface area contributed by atoms with E-state index in [-0.39, 0.29) is 55.9 Å². The molecule has 1 saturated carbocycles. The van der Waals surface area contributed by atoms with Gasteiger partial charge in [-0.15, -0.1) is 0 Å². The van der Waals surface area contributed by atoms with Gasteiger partial charge in [0.2, 0.25) is 21.8 Å². The van der Waals surface area contributed by atoms with Crippen LogP contribution in [0.5, 0.6) is 0 Å². The molecule has 3 aromatic carbocycles. The van der Waals surface area contributed by atoms with Crippen LogP contribution in [0.4, 0.5) is 14.5 Å². The zero-order valence-electron chi connectivity index (χ0n) is 24.0. The summed E-state index contributed by atoms with van der Waals surface area (Å²) in [6.07, 6.45) is 5.09. The van der Waals surface area contributed by atoms with Gasteiger partial charge in [0.05, 0.1) is 11.9 Å². The molecule has 1 aliphatic rings. The van der Waals surface area contributed by atoms with E-state index in [9.17, 15) is 26.8 Å². The number of anilines is 1. The lowest BCUT2D eigenvalue weighted by Crippen LogP contribution is -2.52. The molecule has 0 aliphatic heterocycles. The molecule has 7 nitrogen and oxygen atoms in total. The summed E-state index contributed by atoms with van der Waals surface area (Å²) >= 11 is 6.24. The van der Waals surface area contributed by atoms with Crippen molar-refractivity contribution in [1.82, 2.24) is 10.2 Å². The third-order valence-corrected chi connectivity index (χ3v) is 8.99. The topological polar surface area (TPSA) is 86.8 Å². The number of hydrogen-bond acceptors (Lipinski definition) is 4. The first kappa shape index (κ1) is 32.4. The van der Waals surface area contributed by atoms with Gasteiger partial charge in [-0.25, -0.2) is 17.2 Å². The van der Waals surface area contributed by atoms with Crippen molar-refractivity contribution in [2.45, 2.75) is 63.6 Å². The van der Waals surface area contributed by atoms with E-state index in [0.29, 0.717) is 5.02 Å². The summed E-state index contributed by atoms with van der Waals surface area (Å²) in [6.45, 7) is -0.0216. The molecule has 4 rings (SSSR count). The van der Waals surface area contributed by atoms with Crippen molar-refractivity contribution in [2.75, 3.05) is 17.1 Å². The number of halogens is 3. The van der Waals surface area contributed by atoms with Gasteiger partial charge in [0.15, 0.2) is 11.6 Å². The number of carbonyl (C=O) groups excluding carboxylic acids is 2. The molecule has 1 unspecified atom stereocenters. The Labute approximate surface area is 256 Å². The van der Waals surface area contributed by atoms with Crippen molar-refractivity contribution in [1.29, 1.82) is 0 Å². The Hall–Kier alpha value is -3.50. The Bertz CT molecular complexity index is 1520. The van der Waals surface area contributed by atoms with Gasteiger partial charge in [-0.2, -0.15) is 0 Å². The fraction of sp³-hybridized carbons (Fsp3) is 0.375. The van der Waals surface area contributed by atoms with Crippen molar-refractivity contribution in [2.24, 2.45) is 0 Å². The second-order valence-electron chi connectivity index (χ2n) is 10.9. The molecule has 0 aromatic heterocycles. The summed E-state index contributed by atoms with van der Waals surface area (Å²) in [7, 11) is -3.86. The van der Waals surface area contributed by atoms with Crippen LogP contribution in [-0.2, 0) is 32.6 Å². The zero-order chi connectivity index (χ0) is 31.0. The van der Waals surface area contributed by atoms with Crippen molar-refractivity contribution >= 4 is 39.1 Å². The molecule has 43 heavy (non-hydrogen) atoms. The molecule has 230 valence electrons. The van der Waals surface area contributed by atoms with Gasteiger partial charge in [-0.05, 0) is 54.7 Å². The molecule has 1 fully saturated rings. The first-order valence-corrected chi connectivity index (χ1v) is 16.5. The number of benzene rings is 3. The normalized spacial score (nSPS) is 14.3. The number of sulfonamides is 1. The third-order valence-electron chi connectivity index (χ3n) is 7.56. The summed E-state index contributed by atoms with van der Waals surface area (Å²) in [4.78, 5) is 29.2. The van der Waals surface area contributed by atoms with E-state index in [2.05, 4.69) is 5.32 Å². The standard InChI is InChI=1S/C32H36ClF2N3O4S/c1-43(41,42)38(27-16-17-28(34)29(35)21-27)18-8-15-31(39)37(22-24-11-7-12-25(33)19-24)30(20-23-9-3-2-4-10-23)32(40)36-26-13-5-6-14-26/h2-4,7,9-12,16-17,19,21,26,30H,5-6,8,13-15,18,20,22H2,1H3,(H,36,40). The number of nitrogens with zero attached hydrogens (tertiary/aromatic N) is 2. The summed E-state index contributed by atoms with van der Waals surface area (Å²) in [5.41, 5.74) is 1.59. The quantitative estimate of drug-likeness (QED) is 0.256. The van der Waals surface area contributed by atoms with Crippen molar-refractivity contribution in [3.8, 4) is 0 Å². The van der Waals surface area contributed by atoms with Crippen LogP contribution in [0.2, 0.25) is 5.02 Å². The number of nitrogens with one attached hydrogen (secondary N) is 1. The molecule has 2 amide bonds. The van der Waals surface area contributed by atoms with Crippen LogP contribution in [0.3, 0.4) is 0 Å². The molecule has 1 atom stereocenters. The molecule has 0 spiro atoms. The van der Waals surface area contributed by atoms with Crippen LogP contribution in [0.25, 0.3) is 0 Å². The second-order valence-corrected chi connectivity index (χ2v) is 13.2. The maximum Gasteiger partial charge on any atom is 0.243 e. The van der Waals surface area contributed by atoms with E-state index in [1.807, 2.05) is 36.4 Å². The maximum atomic E-state index is 13.9. The van der Waals surface area contributed by atoms with Gasteiger partial charge in [0.25, 0.3) is 0 Å². The maximum absolute atomic E-state index is 13.9. The molecule has 0 radical (unpaired) electrons. The Morgan fingerprint density at radius 1 is 0.953 bits per heavy atom. The molecule has 1 N–H and O–H groups in total. The van der Waals surface area contributed by atoms with E-state index in [4.69, 9.17) is 11.6 Å². The number of rotatable bonds is 13. The molecular formula is C32H36ClF2N3O4S. The van der Waals surface area contributed by atoms with Crippen LogP contribution >= 0.6 is 11.6 Å². The molecule has 0 bridgehead atoms. The Morgan fingerprint density at radius 2 is 1.65 bits per heavy atom. The number of hydrogen-bond donors (Lipinski definition) is 1. The molecule has 0 heterocycles. The van der Waals surface area contributed by atoms with Crippen LogP contribution < -0.4 is 9.62 Å². The average Bonchev–Trinajstić information content (AvgIpc) is 3.47. The highest BCUT2D eigenvalue weighted by atomic mass is 35.5. The van der Waals surface area contributed by atoms with Crippen LogP contribution in [0.1, 0.15) is 49.7 Å². The Kier molecular flexibility index (Phi) is 11.2. The van der Waals surface area contributed by atoms with Crippen molar-refractivity contribution in [3.63, 3.8) is 0 Å². The smallest absolute Gasteiger partial charge is 0.243 e. The highest BCUT2D eigenvalue weighted by molar-refractivity contribution is 7.92. The highest BCUT2D eigenvalue weighted by Crippen LogP contribution is 2.24. The molecular weight excluding hydrogens is 596 g/mol. The molecule has 0 saturated heterocycles. The van der Waals surface area contributed by atoms with Gasteiger partial charge < -0.3 is 10.2 Å². The number of amides is 2. The van der Waals surface area contributed by atoms with E-state index >= 15 is 0 Å². The lowest BCUT2D eigenvalue weighted by atomic mass is 10.0. The van der Waals surface area contributed by atoms with Gasteiger partial charge in [0, 0.05) is 43.1 Å². The lowest BCUT2D eigenvalue weighted by molar-refractivity contribution is -0.141. The minimum atomic E-state index is -3.86. The summed E-state index contributed by atoms with van der Waals surface area (Å²) in [5, 5.41) is 3.64. The predicted octanol–water partition coefficient (Wildman–Crippen LogP) is 5.86. The predicted molar refractivity (Wildman–Crippen MR) is 164 cm³/mol. The van der Waals surface area contributed by atoms with Gasteiger partial charge in [-0.1, -0.05) is 66.9 Å².